The number of amidine groups is 1. The zero-order valence-corrected chi connectivity index (χ0v) is 15.6. The smallest absolute Gasteiger partial charge is 0.285 e. The third kappa shape index (κ3) is 2.54. The van der Waals surface area contributed by atoms with Crippen molar-refractivity contribution in [2.45, 2.75) is 23.7 Å². The normalized spacial score (nSPS) is 21.6. The van der Waals surface area contributed by atoms with Crippen LogP contribution in [0.2, 0.25) is 0 Å². The first-order valence-corrected chi connectivity index (χ1v) is 10.9. The van der Waals surface area contributed by atoms with E-state index in [-0.39, 0.29) is 0 Å². The Bertz CT molecular complexity index is 1100. The molecule has 3 heterocycles. The maximum Gasteiger partial charge on any atom is 0.285 e. The van der Waals surface area contributed by atoms with Gasteiger partial charge in [-0.2, -0.15) is 8.42 Å². The Morgan fingerprint density at radius 2 is 1.88 bits per heavy atom. The lowest BCUT2D eigenvalue weighted by Crippen LogP contribution is -2.39. The average molecular weight is 383 g/mol. The number of benzene rings is 2. The molecule has 0 amide bonds. The van der Waals surface area contributed by atoms with E-state index >= 15 is 0 Å². The predicted octanol–water partition coefficient (Wildman–Crippen LogP) is 3.62. The molecule has 0 radical (unpaired) electrons. The second-order valence-electron chi connectivity index (χ2n) is 6.69. The van der Waals surface area contributed by atoms with Crippen LogP contribution in [0.5, 0.6) is 0 Å². The number of para-hydroxylation sites is 1. The van der Waals surface area contributed by atoms with Crippen molar-refractivity contribution in [3.8, 4) is 0 Å². The number of piperidine rings is 1. The van der Waals surface area contributed by atoms with Gasteiger partial charge >= 0.3 is 0 Å². The Hall–Kier alpha value is -2.25. The van der Waals surface area contributed by atoms with Gasteiger partial charge in [-0.3, -0.25) is 0 Å². The molecule has 0 bridgehead atoms. The summed E-state index contributed by atoms with van der Waals surface area (Å²) in [5.74, 6) is 0.894. The first-order chi connectivity index (χ1) is 12.6. The van der Waals surface area contributed by atoms with Gasteiger partial charge in [-0.1, -0.05) is 24.3 Å². The third-order valence-corrected chi connectivity index (χ3v) is 7.52. The van der Waals surface area contributed by atoms with Crippen molar-refractivity contribution in [1.29, 1.82) is 0 Å². The van der Waals surface area contributed by atoms with E-state index in [0.29, 0.717) is 16.6 Å². The van der Waals surface area contributed by atoms with Crippen molar-refractivity contribution in [2.24, 2.45) is 4.40 Å². The zero-order chi connectivity index (χ0) is 17.7. The molecule has 3 aromatic rings. The lowest BCUT2D eigenvalue weighted by atomic mass is 9.98. The second-order valence-corrected chi connectivity index (χ2v) is 9.33. The summed E-state index contributed by atoms with van der Waals surface area (Å²) < 4.78 is 30.0. The summed E-state index contributed by atoms with van der Waals surface area (Å²) in [6, 6.07) is 15.3. The van der Waals surface area contributed by atoms with E-state index in [1.165, 1.54) is 4.70 Å². The SMILES string of the molecule is O=S1(=O)N=C(N2CCC[C@@H](c3nc4ccccc4s3)C2)c2ccccc21. The van der Waals surface area contributed by atoms with Crippen molar-refractivity contribution in [3.63, 3.8) is 0 Å². The van der Waals surface area contributed by atoms with Crippen molar-refractivity contribution in [2.75, 3.05) is 13.1 Å². The summed E-state index contributed by atoms with van der Waals surface area (Å²) in [6.07, 6.45) is 2.07. The Morgan fingerprint density at radius 3 is 2.77 bits per heavy atom. The molecule has 1 atom stereocenters. The maximum atomic E-state index is 12.4. The number of hydrogen-bond donors (Lipinski definition) is 0. The molecule has 1 fully saturated rings. The predicted molar refractivity (Wildman–Crippen MR) is 103 cm³/mol. The van der Waals surface area contributed by atoms with Gasteiger partial charge < -0.3 is 4.90 Å². The number of thiazole rings is 1. The Labute approximate surface area is 156 Å². The summed E-state index contributed by atoms with van der Waals surface area (Å²) in [6.45, 7) is 1.58. The van der Waals surface area contributed by atoms with Gasteiger partial charge in [0.1, 0.15) is 4.90 Å². The molecule has 0 spiro atoms. The monoisotopic (exact) mass is 383 g/mol. The van der Waals surface area contributed by atoms with Crippen molar-refractivity contribution >= 4 is 37.4 Å². The van der Waals surface area contributed by atoms with Gasteiger partial charge in [0.15, 0.2) is 5.84 Å². The lowest BCUT2D eigenvalue weighted by molar-refractivity contribution is 0.309. The standard InChI is InChI=1S/C19H17N3O2S2/c23-26(24)17-10-4-1-7-14(17)18(21-26)22-11-5-6-13(12-22)19-20-15-8-2-3-9-16(15)25-19/h1-4,7-10,13H,5-6,11-12H2/t13-/m1/s1. The van der Waals surface area contributed by atoms with Crippen LogP contribution in [0.15, 0.2) is 57.8 Å². The van der Waals surface area contributed by atoms with Gasteiger partial charge in [0.25, 0.3) is 10.0 Å². The second kappa shape index (κ2) is 5.89. The Balaban J connectivity index is 1.48. The molecular formula is C19H17N3O2S2. The van der Waals surface area contributed by atoms with E-state index in [4.69, 9.17) is 4.98 Å². The van der Waals surface area contributed by atoms with Gasteiger partial charge in [0.2, 0.25) is 0 Å². The molecule has 132 valence electrons. The molecule has 1 aromatic heterocycles. The highest BCUT2D eigenvalue weighted by Crippen LogP contribution is 2.35. The summed E-state index contributed by atoms with van der Waals surface area (Å²) in [5.41, 5.74) is 1.76. The summed E-state index contributed by atoms with van der Waals surface area (Å²) in [5, 5.41) is 1.13. The highest BCUT2D eigenvalue weighted by atomic mass is 32.2. The minimum Gasteiger partial charge on any atom is -0.355 e. The molecule has 2 aliphatic heterocycles. The largest absolute Gasteiger partial charge is 0.355 e. The molecule has 5 nitrogen and oxygen atoms in total. The van der Waals surface area contributed by atoms with Gasteiger partial charge in [-0.15, -0.1) is 15.7 Å². The molecule has 26 heavy (non-hydrogen) atoms. The van der Waals surface area contributed by atoms with Crippen molar-refractivity contribution in [3.05, 3.63) is 59.1 Å². The van der Waals surface area contributed by atoms with Crippen molar-refractivity contribution in [1.82, 2.24) is 9.88 Å². The van der Waals surface area contributed by atoms with Crippen molar-refractivity contribution < 1.29 is 8.42 Å². The Kier molecular flexibility index (Phi) is 3.62. The molecule has 0 saturated carbocycles. The highest BCUT2D eigenvalue weighted by molar-refractivity contribution is 7.90. The van der Waals surface area contributed by atoms with E-state index in [1.807, 2.05) is 30.3 Å². The van der Waals surface area contributed by atoms with Crippen LogP contribution in [0.4, 0.5) is 0 Å². The molecular weight excluding hydrogens is 366 g/mol. The fourth-order valence-electron chi connectivity index (χ4n) is 3.75. The Morgan fingerprint density at radius 1 is 1.08 bits per heavy atom. The molecule has 0 unspecified atom stereocenters. The fraction of sp³-hybridized carbons (Fsp3) is 0.263. The van der Waals surface area contributed by atoms with E-state index < -0.39 is 10.0 Å². The van der Waals surface area contributed by atoms with E-state index in [1.54, 1.807) is 23.5 Å². The molecule has 7 heteroatoms. The third-order valence-electron chi connectivity index (χ3n) is 4.99. The fourth-order valence-corrected chi connectivity index (χ4v) is 6.07. The first kappa shape index (κ1) is 16.0. The number of likely N-dealkylation sites (tertiary alicyclic amines) is 1. The molecule has 1 saturated heterocycles. The van der Waals surface area contributed by atoms with E-state index in [2.05, 4.69) is 15.4 Å². The van der Waals surface area contributed by atoms with Crippen LogP contribution in [0.3, 0.4) is 0 Å². The molecule has 0 N–H and O–H groups in total. The van der Waals surface area contributed by atoms with E-state index in [0.717, 1.165) is 42.0 Å². The quantitative estimate of drug-likeness (QED) is 0.644. The number of rotatable bonds is 1. The summed E-state index contributed by atoms with van der Waals surface area (Å²) in [7, 11) is -3.57. The van der Waals surface area contributed by atoms with Gasteiger partial charge in [0, 0.05) is 24.6 Å². The van der Waals surface area contributed by atoms with Gasteiger partial charge in [-0.25, -0.2) is 4.98 Å². The topological polar surface area (TPSA) is 62.6 Å². The van der Waals surface area contributed by atoms with Crippen LogP contribution < -0.4 is 0 Å². The minimum absolute atomic E-state index is 0.305. The molecule has 5 rings (SSSR count). The van der Waals surface area contributed by atoms with Crippen LogP contribution in [0.25, 0.3) is 10.2 Å². The maximum absolute atomic E-state index is 12.4. The van der Waals surface area contributed by atoms with Gasteiger partial charge in [0.05, 0.1) is 15.2 Å². The first-order valence-electron chi connectivity index (χ1n) is 8.67. The lowest BCUT2D eigenvalue weighted by Gasteiger charge is -2.33. The highest BCUT2D eigenvalue weighted by Gasteiger charge is 2.34. The molecule has 2 aromatic carbocycles. The van der Waals surface area contributed by atoms with Crippen LogP contribution in [0, 0.1) is 0 Å². The minimum atomic E-state index is -3.57. The zero-order valence-electron chi connectivity index (χ0n) is 14.0. The summed E-state index contributed by atoms with van der Waals surface area (Å²) in [4.78, 5) is 7.24. The van der Waals surface area contributed by atoms with Crippen LogP contribution in [-0.2, 0) is 10.0 Å². The van der Waals surface area contributed by atoms with Crippen LogP contribution in [0.1, 0.15) is 29.3 Å². The average Bonchev–Trinajstić information content (AvgIpc) is 3.21. The van der Waals surface area contributed by atoms with Crippen LogP contribution in [-0.4, -0.2) is 37.2 Å². The number of fused-ring (bicyclic) bond motifs is 2. The molecule has 0 aliphatic carbocycles. The number of aromatic nitrogens is 1. The number of hydrogen-bond acceptors (Lipinski definition) is 5. The van der Waals surface area contributed by atoms with Gasteiger partial charge in [-0.05, 0) is 37.1 Å². The van der Waals surface area contributed by atoms with E-state index in [9.17, 15) is 8.42 Å². The molecule has 2 aliphatic rings. The van der Waals surface area contributed by atoms with Crippen LogP contribution >= 0.6 is 11.3 Å². The number of nitrogens with zero attached hydrogens (tertiary/aromatic N) is 3. The summed E-state index contributed by atoms with van der Waals surface area (Å²) >= 11 is 1.74. The number of sulfonamides is 1.